The molecule has 1 amide bonds. The summed E-state index contributed by atoms with van der Waals surface area (Å²) in [5, 5.41) is 7.66. The van der Waals surface area contributed by atoms with Crippen LogP contribution in [0.15, 0.2) is 0 Å². The molecule has 10 heteroatoms. The van der Waals surface area contributed by atoms with Crippen LogP contribution in [0.4, 0.5) is 13.2 Å². The molecule has 0 saturated heterocycles. The van der Waals surface area contributed by atoms with Gasteiger partial charge in [-0.15, -0.1) is 21.5 Å². The number of hydrogen-bond donors (Lipinski definition) is 0. The number of nitrogens with zero attached hydrogens (tertiary/aromatic N) is 5. The summed E-state index contributed by atoms with van der Waals surface area (Å²) in [6.07, 6.45) is -3.80. The zero-order valence-electron chi connectivity index (χ0n) is 12.5. The number of halogens is 3. The van der Waals surface area contributed by atoms with E-state index >= 15 is 0 Å². The second-order valence-electron chi connectivity index (χ2n) is 5.19. The van der Waals surface area contributed by atoms with Crippen molar-refractivity contribution in [3.05, 3.63) is 27.2 Å². The van der Waals surface area contributed by atoms with Gasteiger partial charge in [0, 0.05) is 13.1 Å². The first-order valence-electron chi connectivity index (χ1n) is 7.06. The molecule has 23 heavy (non-hydrogen) atoms. The highest BCUT2D eigenvalue weighted by Crippen LogP contribution is 2.30. The Labute approximate surface area is 134 Å². The molecule has 124 valence electrons. The molecule has 0 atom stereocenters. The van der Waals surface area contributed by atoms with E-state index < -0.39 is 12.0 Å². The molecule has 0 spiro atoms. The summed E-state index contributed by atoms with van der Waals surface area (Å²) >= 11 is 1.33. The summed E-state index contributed by atoms with van der Waals surface area (Å²) in [5.41, 5.74) is 0.653. The van der Waals surface area contributed by atoms with Crippen LogP contribution in [0.5, 0.6) is 0 Å². The van der Waals surface area contributed by atoms with Crippen LogP contribution in [0.25, 0.3) is 0 Å². The Bertz CT molecular complexity index is 751. The third kappa shape index (κ3) is 2.82. The Morgan fingerprint density at radius 2 is 2.04 bits per heavy atom. The lowest BCUT2D eigenvalue weighted by molar-refractivity contribution is -0.147. The molecule has 3 rings (SSSR count). The summed E-state index contributed by atoms with van der Waals surface area (Å²) in [7, 11) is 0. The third-order valence-electron chi connectivity index (χ3n) is 3.63. The molecule has 3 heterocycles. The first kappa shape index (κ1) is 15.9. The normalized spacial score (nSPS) is 14.9. The van der Waals surface area contributed by atoms with Crippen LogP contribution in [0, 0.1) is 6.92 Å². The average molecular weight is 345 g/mol. The quantitative estimate of drug-likeness (QED) is 0.838. The fourth-order valence-electron chi connectivity index (χ4n) is 2.49. The maximum absolute atomic E-state index is 12.8. The second-order valence-corrected chi connectivity index (χ2v) is 6.28. The molecule has 2 aromatic heterocycles. The number of hydrogen-bond acceptors (Lipinski definition) is 5. The predicted octanol–water partition coefficient (Wildman–Crippen LogP) is 2.28. The minimum Gasteiger partial charge on any atom is -0.329 e. The summed E-state index contributed by atoms with van der Waals surface area (Å²) < 4.78 is 39.5. The highest BCUT2D eigenvalue weighted by molar-refractivity contribution is 7.13. The second kappa shape index (κ2) is 5.59. The van der Waals surface area contributed by atoms with Gasteiger partial charge in [0.25, 0.3) is 5.91 Å². The maximum Gasteiger partial charge on any atom is 0.451 e. The molecule has 2 aromatic rings. The van der Waals surface area contributed by atoms with Crippen LogP contribution < -0.4 is 0 Å². The van der Waals surface area contributed by atoms with Gasteiger partial charge in [-0.25, -0.2) is 4.98 Å². The SMILES string of the molecule is CCc1nc(C)c(C(=O)N2CCn3c(nnc3C(F)(F)F)C2)s1. The largest absolute Gasteiger partial charge is 0.451 e. The van der Waals surface area contributed by atoms with Gasteiger partial charge in [-0.1, -0.05) is 6.92 Å². The van der Waals surface area contributed by atoms with E-state index in [2.05, 4.69) is 15.2 Å². The van der Waals surface area contributed by atoms with Crippen molar-refractivity contribution in [2.75, 3.05) is 6.54 Å². The molecule has 0 N–H and O–H groups in total. The molecule has 0 unspecified atom stereocenters. The molecule has 1 aliphatic rings. The van der Waals surface area contributed by atoms with Gasteiger partial charge in [0.05, 0.1) is 17.2 Å². The van der Waals surface area contributed by atoms with Crippen molar-refractivity contribution in [2.24, 2.45) is 0 Å². The van der Waals surface area contributed by atoms with Crippen LogP contribution in [0.2, 0.25) is 0 Å². The molecule has 1 aliphatic heterocycles. The van der Waals surface area contributed by atoms with Crippen LogP contribution >= 0.6 is 11.3 Å². The number of aromatic nitrogens is 4. The highest BCUT2D eigenvalue weighted by atomic mass is 32.1. The molecule has 0 bridgehead atoms. The number of amides is 1. The van der Waals surface area contributed by atoms with E-state index in [4.69, 9.17) is 0 Å². The first-order valence-corrected chi connectivity index (χ1v) is 7.87. The topological polar surface area (TPSA) is 63.9 Å². The average Bonchev–Trinajstić information content (AvgIpc) is 3.08. The number of aryl methyl sites for hydroxylation is 2. The Balaban J connectivity index is 1.83. The number of carbonyl (C=O) groups excluding carboxylic acids is 1. The standard InChI is InChI=1S/C13H14F3N5OS/c1-3-9-17-7(2)10(23-9)11(22)20-4-5-21-8(6-20)18-19-12(21)13(14,15)16/h3-6H2,1-2H3. The van der Waals surface area contributed by atoms with Gasteiger partial charge in [0.2, 0.25) is 5.82 Å². The van der Waals surface area contributed by atoms with Crippen molar-refractivity contribution < 1.29 is 18.0 Å². The zero-order chi connectivity index (χ0) is 16.8. The lowest BCUT2D eigenvalue weighted by Crippen LogP contribution is -2.39. The lowest BCUT2D eigenvalue weighted by atomic mass is 10.3. The third-order valence-corrected chi connectivity index (χ3v) is 4.92. The number of rotatable bonds is 2. The smallest absolute Gasteiger partial charge is 0.329 e. The molecule has 0 aromatic carbocycles. The van der Waals surface area contributed by atoms with Crippen LogP contribution in [0.3, 0.4) is 0 Å². The van der Waals surface area contributed by atoms with Crippen molar-refractivity contribution in [3.63, 3.8) is 0 Å². The van der Waals surface area contributed by atoms with Crippen molar-refractivity contribution in [3.8, 4) is 0 Å². The van der Waals surface area contributed by atoms with E-state index in [1.54, 1.807) is 6.92 Å². The molecular weight excluding hydrogens is 331 g/mol. The molecule has 0 fully saturated rings. The van der Waals surface area contributed by atoms with E-state index in [9.17, 15) is 18.0 Å². The molecule has 0 saturated carbocycles. The van der Waals surface area contributed by atoms with E-state index in [1.165, 1.54) is 16.2 Å². The fourth-order valence-corrected chi connectivity index (χ4v) is 3.46. The van der Waals surface area contributed by atoms with Gasteiger partial charge in [-0.2, -0.15) is 13.2 Å². The molecule has 0 aliphatic carbocycles. The van der Waals surface area contributed by atoms with Gasteiger partial charge < -0.3 is 9.47 Å². The van der Waals surface area contributed by atoms with Crippen LogP contribution in [-0.4, -0.2) is 37.1 Å². The van der Waals surface area contributed by atoms with Gasteiger partial charge in [-0.05, 0) is 13.3 Å². The van der Waals surface area contributed by atoms with Crippen molar-refractivity contribution in [2.45, 2.75) is 39.5 Å². The van der Waals surface area contributed by atoms with Crippen molar-refractivity contribution >= 4 is 17.2 Å². The fraction of sp³-hybridized carbons (Fsp3) is 0.538. The molecular formula is C13H14F3N5OS. The van der Waals surface area contributed by atoms with Gasteiger partial charge in [0.15, 0.2) is 5.82 Å². The lowest BCUT2D eigenvalue weighted by Gasteiger charge is -2.27. The summed E-state index contributed by atoms with van der Waals surface area (Å²) in [5.74, 6) is -1.08. The van der Waals surface area contributed by atoms with E-state index in [0.29, 0.717) is 10.6 Å². The minimum atomic E-state index is -4.54. The van der Waals surface area contributed by atoms with Crippen LogP contribution in [-0.2, 0) is 25.7 Å². The van der Waals surface area contributed by atoms with Crippen molar-refractivity contribution in [1.29, 1.82) is 0 Å². The van der Waals surface area contributed by atoms with E-state index in [-0.39, 0.29) is 31.4 Å². The minimum absolute atomic E-state index is 0.0146. The number of carbonyl (C=O) groups is 1. The van der Waals surface area contributed by atoms with Gasteiger partial charge in [0.1, 0.15) is 4.88 Å². The Morgan fingerprint density at radius 1 is 1.30 bits per heavy atom. The Morgan fingerprint density at radius 3 is 2.65 bits per heavy atom. The summed E-state index contributed by atoms with van der Waals surface area (Å²) in [6, 6.07) is 0. The summed E-state index contributed by atoms with van der Waals surface area (Å²) in [6.45, 7) is 3.94. The van der Waals surface area contributed by atoms with E-state index in [1.807, 2.05) is 6.92 Å². The monoisotopic (exact) mass is 345 g/mol. The van der Waals surface area contributed by atoms with Crippen molar-refractivity contribution in [1.82, 2.24) is 24.6 Å². The Hall–Kier alpha value is -1.97. The molecule has 0 radical (unpaired) electrons. The van der Waals surface area contributed by atoms with E-state index in [0.717, 1.165) is 16.0 Å². The predicted molar refractivity (Wildman–Crippen MR) is 76.0 cm³/mol. The number of fused-ring (bicyclic) bond motifs is 1. The summed E-state index contributed by atoms with van der Waals surface area (Å²) in [4.78, 5) is 18.9. The zero-order valence-corrected chi connectivity index (χ0v) is 13.3. The maximum atomic E-state index is 12.8. The molecule has 6 nitrogen and oxygen atoms in total. The first-order chi connectivity index (χ1) is 10.8. The number of alkyl halides is 3. The highest BCUT2D eigenvalue weighted by Gasteiger charge is 2.40. The van der Waals surface area contributed by atoms with Gasteiger partial charge in [-0.3, -0.25) is 4.79 Å². The number of thiazole rings is 1. The van der Waals surface area contributed by atoms with Crippen LogP contribution in [0.1, 0.15) is 38.9 Å². The van der Waals surface area contributed by atoms with Gasteiger partial charge >= 0.3 is 6.18 Å². The Kier molecular flexibility index (Phi) is 3.86.